The number of hydrogen-bond acceptors (Lipinski definition) is 2. The summed E-state index contributed by atoms with van der Waals surface area (Å²) in [5.41, 5.74) is 0.963. The molecule has 0 heterocycles. The van der Waals surface area contributed by atoms with Gasteiger partial charge in [-0.2, -0.15) is 26.3 Å². The maximum Gasteiger partial charge on any atom is 0.673 e. The second-order valence-corrected chi connectivity index (χ2v) is 12.2. The van der Waals surface area contributed by atoms with E-state index in [0.29, 0.717) is 11.3 Å². The highest BCUT2D eigenvalue weighted by atomic mass is 31.1. The molecule has 2 fully saturated rings. The maximum absolute atomic E-state index is 12.7. The Bertz CT molecular complexity index is 728. The van der Waals surface area contributed by atoms with Crippen molar-refractivity contribution in [2.75, 3.05) is 13.2 Å². The molecule has 3 rings (SSSR count). The fourth-order valence-electron chi connectivity index (χ4n) is 4.87. The molecule has 14 heteroatoms. The number of ether oxygens (including phenoxy) is 2. The van der Waals surface area contributed by atoms with E-state index in [4.69, 9.17) is 9.47 Å². The molecule has 1 aromatic carbocycles. The van der Waals surface area contributed by atoms with Crippen LogP contribution >= 0.6 is 7.92 Å². The van der Waals surface area contributed by atoms with Gasteiger partial charge < -0.3 is 26.7 Å². The molecule has 2 aliphatic rings. The summed E-state index contributed by atoms with van der Waals surface area (Å²) in [7, 11) is -7.20. The van der Waals surface area contributed by atoms with E-state index in [1.807, 2.05) is 0 Å². The normalized spacial score (nSPS) is 18.5. The van der Waals surface area contributed by atoms with Gasteiger partial charge in [-0.25, -0.2) is 0 Å². The van der Waals surface area contributed by atoms with Gasteiger partial charge in [-0.3, -0.25) is 0 Å². The lowest BCUT2D eigenvalue weighted by atomic mass is 9.99. The van der Waals surface area contributed by atoms with Gasteiger partial charge in [0.2, 0.25) is 0 Å². The summed E-state index contributed by atoms with van der Waals surface area (Å²) in [5, 5.41) is 0.848. The van der Waals surface area contributed by atoms with Crippen LogP contribution in [0.4, 0.5) is 43.6 Å². The van der Waals surface area contributed by atoms with Gasteiger partial charge in [-0.05, 0) is 51.4 Å². The monoisotopic (exact) mass is 558 g/mol. The van der Waals surface area contributed by atoms with E-state index in [-0.39, 0.29) is 11.5 Å². The molecular weight excluding hydrogens is 528 g/mol. The average molecular weight is 558 g/mol. The molecule has 2 nitrogen and oxygen atoms in total. The lowest BCUT2D eigenvalue weighted by Crippen LogP contribution is -2.27. The number of benzene rings is 1. The first kappa shape index (κ1) is 30.8. The van der Waals surface area contributed by atoms with Crippen LogP contribution < -0.4 is 14.8 Å². The van der Waals surface area contributed by atoms with Gasteiger partial charge in [-0.1, -0.05) is 12.8 Å². The van der Waals surface area contributed by atoms with Crippen molar-refractivity contribution in [1.82, 2.24) is 0 Å². The van der Waals surface area contributed by atoms with Crippen molar-refractivity contribution in [2.45, 2.75) is 87.9 Å². The van der Waals surface area contributed by atoms with Crippen LogP contribution in [0.1, 0.15) is 64.2 Å². The summed E-state index contributed by atoms with van der Waals surface area (Å²) < 4.78 is 125. The molecule has 0 unspecified atom stereocenters. The van der Waals surface area contributed by atoms with E-state index in [1.54, 1.807) is 12.1 Å². The minimum atomic E-state index is -6.00. The van der Waals surface area contributed by atoms with E-state index in [2.05, 4.69) is 0 Å². The molecule has 208 valence electrons. The summed E-state index contributed by atoms with van der Waals surface area (Å²) in [4.78, 5) is 0. The van der Waals surface area contributed by atoms with E-state index in [9.17, 15) is 43.6 Å². The minimum absolute atomic E-state index is 0.0684. The fourth-order valence-corrected chi connectivity index (χ4v) is 9.16. The summed E-state index contributed by atoms with van der Waals surface area (Å²) in [6.45, 7) is -2.96. The van der Waals surface area contributed by atoms with Crippen molar-refractivity contribution in [1.29, 1.82) is 0 Å². The van der Waals surface area contributed by atoms with E-state index >= 15 is 0 Å². The summed E-state index contributed by atoms with van der Waals surface area (Å²) in [6.07, 6.45) is 2.17. The molecule has 0 amide bonds. The predicted molar refractivity (Wildman–Crippen MR) is 121 cm³/mol. The molecule has 0 aromatic heterocycles. The molecule has 0 radical (unpaired) electrons. The smallest absolute Gasteiger partial charge is 0.484 e. The molecule has 0 aliphatic heterocycles. The molecule has 0 atom stereocenters. The van der Waals surface area contributed by atoms with Crippen LogP contribution in [0.15, 0.2) is 18.2 Å². The largest absolute Gasteiger partial charge is 0.673 e. The average Bonchev–Trinajstić information content (AvgIpc) is 2.76. The van der Waals surface area contributed by atoms with Crippen LogP contribution in [0.5, 0.6) is 11.5 Å². The van der Waals surface area contributed by atoms with Crippen LogP contribution in [-0.2, 0) is 0 Å². The number of alkyl halides is 6. The van der Waals surface area contributed by atoms with Crippen molar-refractivity contribution < 1.29 is 53.1 Å². The highest BCUT2D eigenvalue weighted by molar-refractivity contribution is 7.67. The molecule has 0 bridgehead atoms. The first-order chi connectivity index (χ1) is 16.6. The zero-order valence-corrected chi connectivity index (χ0v) is 20.5. The third kappa shape index (κ3) is 12.7. The third-order valence-corrected chi connectivity index (χ3v) is 9.98. The number of halogens is 10. The molecule has 36 heavy (non-hydrogen) atoms. The van der Waals surface area contributed by atoms with Crippen LogP contribution in [0.3, 0.4) is 0 Å². The highest BCUT2D eigenvalue weighted by Gasteiger charge is 2.40. The van der Waals surface area contributed by atoms with Crippen LogP contribution in [0.25, 0.3) is 0 Å². The van der Waals surface area contributed by atoms with Gasteiger partial charge >= 0.3 is 19.6 Å². The Hall–Kier alpha value is -1.39. The molecule has 0 saturated heterocycles. The molecule has 0 N–H and O–H groups in total. The van der Waals surface area contributed by atoms with E-state index < -0.39 is 40.7 Å². The second kappa shape index (κ2) is 13.4. The van der Waals surface area contributed by atoms with Gasteiger partial charge in [0.1, 0.15) is 11.5 Å². The lowest BCUT2D eigenvalue weighted by Gasteiger charge is -2.32. The van der Waals surface area contributed by atoms with Gasteiger partial charge in [0.15, 0.2) is 13.2 Å². The van der Waals surface area contributed by atoms with Crippen LogP contribution in [0.2, 0.25) is 0 Å². The van der Waals surface area contributed by atoms with E-state index in [0.717, 1.165) is 62.7 Å². The molecule has 0 spiro atoms. The van der Waals surface area contributed by atoms with Gasteiger partial charge in [0.05, 0.1) is 16.6 Å². The van der Waals surface area contributed by atoms with Crippen LogP contribution in [0, 0.1) is 0 Å². The Kier molecular flexibility index (Phi) is 11.5. The van der Waals surface area contributed by atoms with Gasteiger partial charge in [0, 0.05) is 26.1 Å². The Morgan fingerprint density at radius 3 is 1.28 bits per heavy atom. The summed E-state index contributed by atoms with van der Waals surface area (Å²) in [5.74, 6) is -0.137. The van der Waals surface area contributed by atoms with Crippen molar-refractivity contribution in [3.05, 3.63) is 18.2 Å². The Morgan fingerprint density at radius 2 is 0.972 bits per heavy atom. The second-order valence-electron chi connectivity index (χ2n) is 9.12. The predicted octanol–water partition coefficient (Wildman–Crippen LogP) is 8.37. The van der Waals surface area contributed by atoms with Crippen molar-refractivity contribution in [2.24, 2.45) is 0 Å². The highest BCUT2D eigenvalue weighted by Crippen LogP contribution is 2.55. The van der Waals surface area contributed by atoms with Gasteiger partial charge in [-0.15, -0.1) is 0 Å². The number of rotatable bonds is 7. The SMILES string of the molecule is FC(F)(F)COc1cc(OCC(F)(F)F)cc([PH+](C2CCCCC2)C2CCCCC2)c1.F[B-](F)(F)F. The van der Waals surface area contributed by atoms with Crippen molar-refractivity contribution in [3.8, 4) is 11.5 Å². The Labute approximate surface area is 205 Å². The Morgan fingerprint density at radius 1 is 0.639 bits per heavy atom. The zero-order valence-electron chi connectivity index (χ0n) is 19.5. The molecule has 1 aromatic rings. The number of hydrogen-bond donors (Lipinski definition) is 0. The standard InChI is InChI=1S/C22H29F6O2P.BF4/c23-21(24,25)14-29-16-11-17(30-15-22(26,27)28)13-20(12-16)31(18-7-3-1-4-8-18)19-9-5-2-6-10-19;2-1(3,4)5/h11-13,18-19H,1-10,14-15H2;/q;-1/p+1. The van der Waals surface area contributed by atoms with Crippen LogP contribution in [-0.4, -0.2) is 44.1 Å². The fraction of sp³-hybridized carbons (Fsp3) is 0.727. The lowest BCUT2D eigenvalue weighted by molar-refractivity contribution is -0.153. The summed E-state index contributed by atoms with van der Waals surface area (Å²) in [6, 6.07) is 4.40. The topological polar surface area (TPSA) is 18.5 Å². The first-order valence-corrected chi connectivity index (χ1v) is 13.5. The third-order valence-electron chi connectivity index (χ3n) is 6.11. The van der Waals surface area contributed by atoms with Crippen molar-refractivity contribution >= 4 is 20.5 Å². The minimum Gasteiger partial charge on any atom is -0.484 e. The molecule has 2 aliphatic carbocycles. The maximum atomic E-state index is 12.7. The molecular formula is C22H30BF10O2P. The molecule has 2 saturated carbocycles. The van der Waals surface area contributed by atoms with Crippen molar-refractivity contribution in [3.63, 3.8) is 0 Å². The zero-order chi connectivity index (χ0) is 27.0. The first-order valence-electron chi connectivity index (χ1n) is 11.9. The Balaban J connectivity index is 0.000000830. The van der Waals surface area contributed by atoms with Gasteiger partial charge in [0.25, 0.3) is 0 Å². The van der Waals surface area contributed by atoms with E-state index in [1.165, 1.54) is 12.8 Å². The quantitative estimate of drug-likeness (QED) is 0.190. The summed E-state index contributed by atoms with van der Waals surface area (Å²) >= 11 is 0.